The fraction of sp³-hybridized carbons (Fsp3) is 0.0833. The van der Waals surface area contributed by atoms with Crippen LogP contribution in [-0.4, -0.2) is 24.3 Å². The zero-order valence-corrected chi connectivity index (χ0v) is 11.8. The molecular formula is C12H11N3O3S2. The maximum atomic E-state index is 11.6. The molecule has 0 aliphatic heterocycles. The van der Waals surface area contributed by atoms with Crippen molar-refractivity contribution in [2.24, 2.45) is 0 Å². The van der Waals surface area contributed by atoms with Crippen LogP contribution in [0.4, 0.5) is 0 Å². The van der Waals surface area contributed by atoms with E-state index >= 15 is 0 Å². The molecule has 0 atom stereocenters. The monoisotopic (exact) mass is 309 g/mol. The van der Waals surface area contributed by atoms with E-state index in [-0.39, 0.29) is 12.5 Å². The molecule has 20 heavy (non-hydrogen) atoms. The highest BCUT2D eigenvalue weighted by Crippen LogP contribution is 2.07. The highest BCUT2D eigenvalue weighted by molar-refractivity contribution is 7.12. The molecule has 6 nitrogen and oxygen atoms in total. The van der Waals surface area contributed by atoms with Gasteiger partial charge in [-0.25, -0.2) is 0 Å². The molecule has 0 saturated carbocycles. The summed E-state index contributed by atoms with van der Waals surface area (Å²) >= 11 is 2.55. The van der Waals surface area contributed by atoms with Gasteiger partial charge in [0.1, 0.15) is 0 Å². The first-order chi connectivity index (χ1) is 9.66. The molecule has 0 spiro atoms. The standard InChI is InChI=1S/C12H11N3O3S2/c16-10(7-13-11(17)8-3-1-5-19-8)14-15-12(18)9-4-2-6-20-9/h1-6H,7H2,(H,13,17)(H,14,16)(H,15,18). The van der Waals surface area contributed by atoms with E-state index in [0.29, 0.717) is 9.75 Å². The molecule has 8 heteroatoms. The van der Waals surface area contributed by atoms with Gasteiger partial charge in [0.05, 0.1) is 16.3 Å². The van der Waals surface area contributed by atoms with Gasteiger partial charge in [-0.05, 0) is 22.9 Å². The minimum atomic E-state index is -0.500. The smallest absolute Gasteiger partial charge is 0.279 e. The van der Waals surface area contributed by atoms with E-state index in [1.165, 1.54) is 22.7 Å². The second-order valence-electron chi connectivity index (χ2n) is 3.64. The first-order valence-electron chi connectivity index (χ1n) is 5.61. The Hall–Kier alpha value is -2.19. The molecule has 0 fully saturated rings. The summed E-state index contributed by atoms with van der Waals surface area (Å²) in [4.78, 5) is 35.6. The molecule has 0 aliphatic rings. The number of carbonyl (C=O) groups is 3. The molecule has 104 valence electrons. The summed E-state index contributed by atoms with van der Waals surface area (Å²) in [5.41, 5.74) is 4.49. The van der Waals surface area contributed by atoms with Crippen LogP contribution in [0, 0.1) is 0 Å². The molecule has 0 radical (unpaired) electrons. The molecule has 0 bridgehead atoms. The van der Waals surface area contributed by atoms with Crippen molar-refractivity contribution >= 4 is 40.4 Å². The largest absolute Gasteiger partial charge is 0.342 e. The quantitative estimate of drug-likeness (QED) is 0.736. The number of hydrogen-bond donors (Lipinski definition) is 3. The molecule has 0 aromatic carbocycles. The second-order valence-corrected chi connectivity index (χ2v) is 5.53. The third kappa shape index (κ3) is 3.90. The first kappa shape index (κ1) is 14.2. The van der Waals surface area contributed by atoms with Crippen molar-refractivity contribution in [3.63, 3.8) is 0 Å². The van der Waals surface area contributed by atoms with E-state index in [1.54, 1.807) is 35.0 Å². The van der Waals surface area contributed by atoms with Crippen molar-refractivity contribution in [2.75, 3.05) is 6.54 Å². The van der Waals surface area contributed by atoms with Gasteiger partial charge in [-0.1, -0.05) is 12.1 Å². The fourth-order valence-electron chi connectivity index (χ4n) is 1.30. The molecule has 0 saturated heterocycles. The van der Waals surface area contributed by atoms with E-state index < -0.39 is 11.8 Å². The minimum Gasteiger partial charge on any atom is -0.342 e. The first-order valence-corrected chi connectivity index (χ1v) is 7.37. The summed E-state index contributed by atoms with van der Waals surface area (Å²) < 4.78 is 0. The highest BCUT2D eigenvalue weighted by atomic mass is 32.1. The van der Waals surface area contributed by atoms with Crippen molar-refractivity contribution in [3.05, 3.63) is 44.8 Å². The average molecular weight is 309 g/mol. The van der Waals surface area contributed by atoms with E-state index in [1.807, 2.05) is 0 Å². The Kier molecular flexibility index (Phi) is 4.85. The number of nitrogens with one attached hydrogen (secondary N) is 3. The summed E-state index contributed by atoms with van der Waals surface area (Å²) in [6.07, 6.45) is 0. The third-order valence-electron chi connectivity index (χ3n) is 2.21. The zero-order valence-electron chi connectivity index (χ0n) is 10.2. The highest BCUT2D eigenvalue weighted by Gasteiger charge is 2.10. The predicted octanol–water partition coefficient (Wildman–Crippen LogP) is 1.00. The molecule has 0 unspecified atom stereocenters. The Morgan fingerprint density at radius 2 is 1.50 bits per heavy atom. The minimum absolute atomic E-state index is 0.207. The van der Waals surface area contributed by atoms with Crippen LogP contribution in [0.2, 0.25) is 0 Å². The lowest BCUT2D eigenvalue weighted by molar-refractivity contribution is -0.120. The summed E-state index contributed by atoms with van der Waals surface area (Å²) in [5.74, 6) is -1.21. The summed E-state index contributed by atoms with van der Waals surface area (Å²) in [5, 5.41) is 5.99. The van der Waals surface area contributed by atoms with E-state index in [9.17, 15) is 14.4 Å². The topological polar surface area (TPSA) is 87.3 Å². The molecule has 0 aliphatic carbocycles. The zero-order chi connectivity index (χ0) is 14.4. The van der Waals surface area contributed by atoms with Crippen LogP contribution in [0.15, 0.2) is 35.0 Å². The Morgan fingerprint density at radius 3 is 2.05 bits per heavy atom. The van der Waals surface area contributed by atoms with Gasteiger partial charge in [0.15, 0.2) is 0 Å². The number of carbonyl (C=O) groups excluding carboxylic acids is 3. The average Bonchev–Trinajstić information content (AvgIpc) is 3.14. The SMILES string of the molecule is O=C(CNC(=O)c1cccs1)NNC(=O)c1cccs1. The van der Waals surface area contributed by atoms with Crippen LogP contribution >= 0.6 is 22.7 Å². The van der Waals surface area contributed by atoms with Gasteiger partial charge < -0.3 is 5.32 Å². The maximum absolute atomic E-state index is 11.6. The number of rotatable bonds is 4. The Morgan fingerprint density at radius 1 is 0.900 bits per heavy atom. The van der Waals surface area contributed by atoms with Crippen molar-refractivity contribution in [2.45, 2.75) is 0 Å². The van der Waals surface area contributed by atoms with Gasteiger partial charge in [-0.2, -0.15) is 0 Å². The molecular weight excluding hydrogens is 298 g/mol. The van der Waals surface area contributed by atoms with Crippen molar-refractivity contribution < 1.29 is 14.4 Å². The Labute approximate surface area is 122 Å². The second kappa shape index (κ2) is 6.83. The van der Waals surface area contributed by atoms with Crippen LogP contribution in [0.25, 0.3) is 0 Å². The van der Waals surface area contributed by atoms with Gasteiger partial charge in [-0.3, -0.25) is 25.2 Å². The summed E-state index contributed by atoms with van der Waals surface area (Å²) in [6.45, 7) is -0.207. The lowest BCUT2D eigenvalue weighted by atomic mass is 10.4. The van der Waals surface area contributed by atoms with Gasteiger partial charge in [0, 0.05) is 0 Å². The Bertz CT molecular complexity index is 541. The van der Waals surface area contributed by atoms with E-state index in [4.69, 9.17) is 0 Å². The number of hydrazine groups is 1. The molecule has 2 aromatic heterocycles. The van der Waals surface area contributed by atoms with E-state index in [2.05, 4.69) is 16.2 Å². The number of thiophene rings is 2. The van der Waals surface area contributed by atoms with Gasteiger partial charge in [0.25, 0.3) is 17.7 Å². The number of amides is 3. The normalized spacial score (nSPS) is 9.80. The Balaban J connectivity index is 1.71. The molecule has 2 rings (SSSR count). The number of hydrogen-bond acceptors (Lipinski definition) is 5. The molecule has 2 heterocycles. The van der Waals surface area contributed by atoms with Crippen LogP contribution in [0.3, 0.4) is 0 Å². The van der Waals surface area contributed by atoms with Gasteiger partial charge >= 0.3 is 0 Å². The van der Waals surface area contributed by atoms with Gasteiger partial charge in [-0.15, -0.1) is 22.7 Å². The molecule has 3 N–H and O–H groups in total. The summed E-state index contributed by atoms with van der Waals surface area (Å²) in [6, 6.07) is 6.80. The van der Waals surface area contributed by atoms with Gasteiger partial charge in [0.2, 0.25) is 0 Å². The van der Waals surface area contributed by atoms with Crippen molar-refractivity contribution in [1.82, 2.24) is 16.2 Å². The third-order valence-corrected chi connectivity index (χ3v) is 3.95. The predicted molar refractivity (Wildman–Crippen MR) is 76.6 cm³/mol. The lowest BCUT2D eigenvalue weighted by Gasteiger charge is -2.06. The molecule has 3 amide bonds. The molecule has 2 aromatic rings. The fourth-order valence-corrected chi connectivity index (χ4v) is 2.55. The maximum Gasteiger partial charge on any atom is 0.279 e. The van der Waals surface area contributed by atoms with Crippen LogP contribution in [-0.2, 0) is 4.79 Å². The van der Waals surface area contributed by atoms with Crippen LogP contribution in [0.5, 0.6) is 0 Å². The lowest BCUT2D eigenvalue weighted by Crippen LogP contribution is -2.46. The van der Waals surface area contributed by atoms with Crippen LogP contribution in [0.1, 0.15) is 19.3 Å². The van der Waals surface area contributed by atoms with Crippen molar-refractivity contribution in [1.29, 1.82) is 0 Å². The summed E-state index contributed by atoms with van der Waals surface area (Å²) in [7, 11) is 0. The van der Waals surface area contributed by atoms with Crippen LogP contribution < -0.4 is 16.2 Å². The van der Waals surface area contributed by atoms with Crippen molar-refractivity contribution in [3.8, 4) is 0 Å². The van der Waals surface area contributed by atoms with E-state index in [0.717, 1.165) is 0 Å².